The smallest absolute Gasteiger partial charge is 0.123 e. The molecule has 21 heavy (non-hydrogen) atoms. The first kappa shape index (κ1) is 15.6. The van der Waals surface area contributed by atoms with Gasteiger partial charge in [-0.05, 0) is 25.0 Å². The molecule has 0 aliphatic rings. The Kier molecular flexibility index (Phi) is 6.29. The largest absolute Gasteiger partial charge is 0.493 e. The number of ether oxygens (including phenoxy) is 1. The zero-order valence-corrected chi connectivity index (χ0v) is 13.0. The molecule has 0 fully saturated rings. The van der Waals surface area contributed by atoms with Crippen LogP contribution in [0, 0.1) is 0 Å². The van der Waals surface area contributed by atoms with Crippen molar-refractivity contribution in [1.82, 2.24) is 5.32 Å². The molecule has 0 heterocycles. The highest BCUT2D eigenvalue weighted by atomic mass is 16.5. The van der Waals surface area contributed by atoms with Crippen molar-refractivity contribution in [3.8, 4) is 5.75 Å². The Morgan fingerprint density at radius 2 is 1.71 bits per heavy atom. The fourth-order valence-corrected chi connectivity index (χ4v) is 2.24. The summed E-state index contributed by atoms with van der Waals surface area (Å²) in [6.45, 7) is 5.98. The lowest BCUT2D eigenvalue weighted by molar-refractivity contribution is 0.305. The van der Waals surface area contributed by atoms with Crippen LogP contribution in [0.1, 0.15) is 43.9 Å². The van der Waals surface area contributed by atoms with E-state index in [1.165, 1.54) is 11.1 Å². The van der Waals surface area contributed by atoms with Gasteiger partial charge in [-0.2, -0.15) is 0 Å². The molecule has 2 aromatic rings. The number of hydrogen-bond donors (Lipinski definition) is 1. The molecular formula is C19H25NO. The van der Waals surface area contributed by atoms with Crippen molar-refractivity contribution >= 4 is 0 Å². The molecule has 2 heteroatoms. The monoisotopic (exact) mass is 283 g/mol. The van der Waals surface area contributed by atoms with Gasteiger partial charge in [0.1, 0.15) is 5.75 Å². The van der Waals surface area contributed by atoms with Gasteiger partial charge in [-0.1, -0.05) is 61.9 Å². The molecule has 2 nitrogen and oxygen atoms in total. The van der Waals surface area contributed by atoms with Gasteiger partial charge in [0.25, 0.3) is 0 Å². The third-order valence-corrected chi connectivity index (χ3v) is 3.63. The van der Waals surface area contributed by atoms with Gasteiger partial charge in [-0.15, -0.1) is 0 Å². The van der Waals surface area contributed by atoms with Crippen molar-refractivity contribution in [1.29, 1.82) is 0 Å². The second-order valence-corrected chi connectivity index (χ2v) is 5.32. The van der Waals surface area contributed by atoms with Gasteiger partial charge in [-0.3, -0.25) is 0 Å². The predicted molar refractivity (Wildman–Crippen MR) is 88.5 cm³/mol. The van der Waals surface area contributed by atoms with Gasteiger partial charge in [0.15, 0.2) is 0 Å². The topological polar surface area (TPSA) is 21.3 Å². The maximum absolute atomic E-state index is 5.88. The molecule has 0 aliphatic heterocycles. The molecule has 0 saturated carbocycles. The molecule has 2 aromatic carbocycles. The summed E-state index contributed by atoms with van der Waals surface area (Å²) in [7, 11) is 0. The van der Waals surface area contributed by atoms with E-state index >= 15 is 0 Å². The third-order valence-electron chi connectivity index (χ3n) is 3.63. The summed E-state index contributed by atoms with van der Waals surface area (Å²) in [5, 5.41) is 3.57. The van der Waals surface area contributed by atoms with Gasteiger partial charge in [-0.25, -0.2) is 0 Å². The minimum atomic E-state index is 0.329. The fourth-order valence-electron chi connectivity index (χ4n) is 2.24. The van der Waals surface area contributed by atoms with Crippen molar-refractivity contribution < 1.29 is 4.74 Å². The Labute approximate surface area is 128 Å². The highest BCUT2D eigenvalue weighted by molar-refractivity contribution is 5.33. The SMILES string of the molecule is CCCCOc1ccccc1CNC(C)c1ccccc1. The Morgan fingerprint density at radius 1 is 1.00 bits per heavy atom. The highest BCUT2D eigenvalue weighted by Crippen LogP contribution is 2.20. The van der Waals surface area contributed by atoms with Crippen molar-refractivity contribution in [3.05, 3.63) is 65.7 Å². The van der Waals surface area contributed by atoms with Crippen molar-refractivity contribution in [2.24, 2.45) is 0 Å². The van der Waals surface area contributed by atoms with E-state index in [1.54, 1.807) is 0 Å². The number of nitrogens with one attached hydrogen (secondary N) is 1. The van der Waals surface area contributed by atoms with E-state index in [4.69, 9.17) is 4.74 Å². The van der Waals surface area contributed by atoms with E-state index in [-0.39, 0.29) is 0 Å². The van der Waals surface area contributed by atoms with E-state index in [0.717, 1.165) is 31.7 Å². The van der Waals surface area contributed by atoms with Crippen LogP contribution in [0.2, 0.25) is 0 Å². The van der Waals surface area contributed by atoms with E-state index < -0.39 is 0 Å². The molecular weight excluding hydrogens is 258 g/mol. The van der Waals surface area contributed by atoms with Gasteiger partial charge < -0.3 is 10.1 Å². The lowest BCUT2D eigenvalue weighted by Crippen LogP contribution is -2.18. The standard InChI is InChI=1S/C19H25NO/c1-3-4-14-21-19-13-9-8-12-18(19)15-20-16(2)17-10-6-5-7-11-17/h5-13,16,20H,3-4,14-15H2,1-2H3. The van der Waals surface area contributed by atoms with Gasteiger partial charge in [0.05, 0.1) is 6.61 Å². The molecule has 0 saturated heterocycles. The van der Waals surface area contributed by atoms with Crippen molar-refractivity contribution in [2.45, 2.75) is 39.3 Å². The number of para-hydroxylation sites is 1. The molecule has 1 unspecified atom stereocenters. The number of hydrogen-bond acceptors (Lipinski definition) is 2. The molecule has 2 rings (SSSR count). The first-order valence-corrected chi connectivity index (χ1v) is 7.80. The summed E-state index contributed by atoms with van der Waals surface area (Å²) in [5.74, 6) is 0.999. The van der Waals surface area contributed by atoms with Crippen LogP contribution in [-0.4, -0.2) is 6.61 Å². The van der Waals surface area contributed by atoms with Crippen LogP contribution in [0.5, 0.6) is 5.75 Å². The zero-order valence-electron chi connectivity index (χ0n) is 13.0. The Balaban J connectivity index is 1.93. The second-order valence-electron chi connectivity index (χ2n) is 5.32. The molecule has 0 spiro atoms. The van der Waals surface area contributed by atoms with Gasteiger partial charge in [0.2, 0.25) is 0 Å². The number of rotatable bonds is 8. The normalized spacial score (nSPS) is 12.1. The summed E-state index contributed by atoms with van der Waals surface area (Å²) in [6.07, 6.45) is 2.26. The zero-order chi connectivity index (χ0) is 14.9. The van der Waals surface area contributed by atoms with E-state index in [1.807, 2.05) is 12.1 Å². The van der Waals surface area contributed by atoms with E-state index in [2.05, 4.69) is 61.6 Å². The maximum atomic E-state index is 5.88. The lowest BCUT2D eigenvalue weighted by Gasteiger charge is -2.16. The van der Waals surface area contributed by atoms with E-state index in [0.29, 0.717) is 6.04 Å². The summed E-state index contributed by atoms with van der Waals surface area (Å²) in [4.78, 5) is 0. The molecule has 0 bridgehead atoms. The van der Waals surface area contributed by atoms with Crippen LogP contribution < -0.4 is 10.1 Å². The highest BCUT2D eigenvalue weighted by Gasteiger charge is 2.07. The average Bonchev–Trinajstić information content (AvgIpc) is 2.54. The van der Waals surface area contributed by atoms with Crippen LogP contribution >= 0.6 is 0 Å². The minimum absolute atomic E-state index is 0.329. The van der Waals surface area contributed by atoms with Crippen LogP contribution in [-0.2, 0) is 6.54 Å². The number of unbranched alkanes of at least 4 members (excludes halogenated alkanes) is 1. The Morgan fingerprint density at radius 3 is 2.48 bits per heavy atom. The Hall–Kier alpha value is -1.80. The summed E-state index contributed by atoms with van der Waals surface area (Å²) in [5.41, 5.74) is 2.53. The molecule has 1 N–H and O–H groups in total. The summed E-state index contributed by atoms with van der Waals surface area (Å²) >= 11 is 0. The molecule has 0 amide bonds. The third kappa shape index (κ3) is 4.91. The van der Waals surface area contributed by atoms with Crippen LogP contribution in [0.25, 0.3) is 0 Å². The van der Waals surface area contributed by atoms with Crippen LogP contribution in [0.4, 0.5) is 0 Å². The summed E-state index contributed by atoms with van der Waals surface area (Å²) in [6, 6.07) is 19.1. The van der Waals surface area contributed by atoms with Crippen molar-refractivity contribution in [2.75, 3.05) is 6.61 Å². The van der Waals surface area contributed by atoms with Gasteiger partial charge >= 0.3 is 0 Å². The molecule has 112 valence electrons. The van der Waals surface area contributed by atoms with Crippen molar-refractivity contribution in [3.63, 3.8) is 0 Å². The fraction of sp³-hybridized carbons (Fsp3) is 0.368. The number of benzene rings is 2. The molecule has 0 aromatic heterocycles. The predicted octanol–water partition coefficient (Wildman–Crippen LogP) is 4.72. The average molecular weight is 283 g/mol. The second kappa shape index (κ2) is 8.48. The molecule has 0 aliphatic carbocycles. The molecule has 1 atom stereocenters. The lowest BCUT2D eigenvalue weighted by atomic mass is 10.1. The molecule has 0 radical (unpaired) electrons. The Bertz CT molecular complexity index is 524. The first-order valence-electron chi connectivity index (χ1n) is 7.80. The van der Waals surface area contributed by atoms with Crippen LogP contribution in [0.3, 0.4) is 0 Å². The van der Waals surface area contributed by atoms with Gasteiger partial charge in [0, 0.05) is 18.2 Å². The maximum Gasteiger partial charge on any atom is 0.123 e. The minimum Gasteiger partial charge on any atom is -0.493 e. The quantitative estimate of drug-likeness (QED) is 0.708. The first-order chi connectivity index (χ1) is 10.3. The van der Waals surface area contributed by atoms with E-state index in [9.17, 15) is 0 Å². The summed E-state index contributed by atoms with van der Waals surface area (Å²) < 4.78 is 5.88. The van der Waals surface area contributed by atoms with Crippen LogP contribution in [0.15, 0.2) is 54.6 Å².